The molecule has 0 radical (unpaired) electrons. The minimum absolute atomic E-state index is 0.356. The standard InChI is InChI=1S/C14H18FNO/c1-16(9-11-4-2-3-5-11)14-7-6-13(15)8-12(14)10-17/h6-8,10-11H,2-5,9H2,1H3. The van der Waals surface area contributed by atoms with Gasteiger partial charge in [-0.2, -0.15) is 0 Å². The van der Waals surface area contributed by atoms with Crippen LogP contribution in [0.1, 0.15) is 36.0 Å². The van der Waals surface area contributed by atoms with Gasteiger partial charge in [-0.1, -0.05) is 12.8 Å². The third kappa shape index (κ3) is 2.84. The SMILES string of the molecule is CN(CC1CCCC1)c1ccc(F)cc1C=O. The van der Waals surface area contributed by atoms with Gasteiger partial charge >= 0.3 is 0 Å². The van der Waals surface area contributed by atoms with E-state index in [0.29, 0.717) is 11.5 Å². The molecule has 0 amide bonds. The maximum atomic E-state index is 13.0. The first-order valence-electron chi connectivity index (χ1n) is 6.16. The van der Waals surface area contributed by atoms with E-state index in [-0.39, 0.29) is 5.82 Å². The minimum Gasteiger partial charge on any atom is -0.374 e. The number of halogens is 1. The molecule has 0 saturated heterocycles. The lowest BCUT2D eigenvalue weighted by Crippen LogP contribution is -2.25. The number of carbonyl (C=O) groups is 1. The third-order valence-corrected chi connectivity index (χ3v) is 3.53. The van der Waals surface area contributed by atoms with Crippen LogP contribution in [0.15, 0.2) is 18.2 Å². The third-order valence-electron chi connectivity index (χ3n) is 3.53. The van der Waals surface area contributed by atoms with Crippen molar-refractivity contribution in [1.82, 2.24) is 0 Å². The predicted molar refractivity (Wildman–Crippen MR) is 67.0 cm³/mol. The zero-order valence-corrected chi connectivity index (χ0v) is 10.2. The summed E-state index contributed by atoms with van der Waals surface area (Å²) in [6.07, 6.45) is 5.87. The molecule has 0 atom stereocenters. The number of aldehydes is 1. The van der Waals surface area contributed by atoms with Crippen LogP contribution in [0.2, 0.25) is 0 Å². The molecule has 0 spiro atoms. The van der Waals surface area contributed by atoms with Gasteiger partial charge < -0.3 is 4.90 Å². The Labute approximate surface area is 101 Å². The quantitative estimate of drug-likeness (QED) is 0.746. The number of hydrogen-bond acceptors (Lipinski definition) is 2. The summed E-state index contributed by atoms with van der Waals surface area (Å²) in [5, 5.41) is 0. The second-order valence-electron chi connectivity index (χ2n) is 4.85. The molecule has 3 heteroatoms. The maximum absolute atomic E-state index is 13.0. The second kappa shape index (κ2) is 5.30. The molecule has 1 aromatic rings. The van der Waals surface area contributed by atoms with Crippen LogP contribution < -0.4 is 4.90 Å². The fraction of sp³-hybridized carbons (Fsp3) is 0.500. The first-order valence-corrected chi connectivity index (χ1v) is 6.16. The number of nitrogens with zero attached hydrogens (tertiary/aromatic N) is 1. The molecule has 92 valence electrons. The number of carbonyl (C=O) groups excluding carboxylic acids is 1. The van der Waals surface area contributed by atoms with Crippen LogP contribution in [0.4, 0.5) is 10.1 Å². The Morgan fingerprint density at radius 3 is 2.76 bits per heavy atom. The molecule has 0 bridgehead atoms. The lowest BCUT2D eigenvalue weighted by molar-refractivity contribution is 0.112. The van der Waals surface area contributed by atoms with Crippen LogP contribution in [-0.4, -0.2) is 19.9 Å². The minimum atomic E-state index is -0.356. The molecule has 0 heterocycles. The topological polar surface area (TPSA) is 20.3 Å². The summed E-state index contributed by atoms with van der Waals surface area (Å²) in [6.45, 7) is 0.951. The maximum Gasteiger partial charge on any atom is 0.152 e. The van der Waals surface area contributed by atoms with E-state index >= 15 is 0 Å². The summed E-state index contributed by atoms with van der Waals surface area (Å²) in [6, 6.07) is 4.40. The first-order chi connectivity index (χ1) is 8.20. The van der Waals surface area contributed by atoms with Crippen molar-refractivity contribution < 1.29 is 9.18 Å². The van der Waals surface area contributed by atoms with Gasteiger partial charge in [-0.3, -0.25) is 4.79 Å². The molecule has 17 heavy (non-hydrogen) atoms. The van der Waals surface area contributed by atoms with E-state index in [4.69, 9.17) is 0 Å². The van der Waals surface area contributed by atoms with Gasteiger partial charge in [0.1, 0.15) is 5.82 Å². The summed E-state index contributed by atoms with van der Waals surface area (Å²) in [4.78, 5) is 13.0. The summed E-state index contributed by atoms with van der Waals surface area (Å²) in [5.41, 5.74) is 1.26. The normalized spacial score (nSPS) is 16.1. The van der Waals surface area contributed by atoms with Crippen LogP contribution >= 0.6 is 0 Å². The number of anilines is 1. The number of benzene rings is 1. The van der Waals surface area contributed by atoms with Gasteiger partial charge in [0.15, 0.2) is 6.29 Å². The molecule has 2 nitrogen and oxygen atoms in total. The van der Waals surface area contributed by atoms with Gasteiger partial charge in [0.25, 0.3) is 0 Å². The summed E-state index contributed by atoms with van der Waals surface area (Å²) < 4.78 is 13.0. The van der Waals surface area contributed by atoms with Crippen molar-refractivity contribution in [2.75, 3.05) is 18.5 Å². The van der Waals surface area contributed by atoms with Gasteiger partial charge in [0.2, 0.25) is 0 Å². The Kier molecular flexibility index (Phi) is 3.77. The van der Waals surface area contributed by atoms with E-state index < -0.39 is 0 Å². The monoisotopic (exact) mass is 235 g/mol. The van der Waals surface area contributed by atoms with Crippen LogP contribution in [0.3, 0.4) is 0 Å². The van der Waals surface area contributed by atoms with Gasteiger partial charge in [-0.05, 0) is 37.0 Å². The fourth-order valence-electron chi connectivity index (χ4n) is 2.65. The molecule has 0 aliphatic heterocycles. The van der Waals surface area contributed by atoms with Crippen molar-refractivity contribution in [1.29, 1.82) is 0 Å². The second-order valence-corrected chi connectivity index (χ2v) is 4.85. The van der Waals surface area contributed by atoms with Crippen molar-refractivity contribution in [3.05, 3.63) is 29.6 Å². The summed E-state index contributed by atoms with van der Waals surface area (Å²) in [7, 11) is 1.97. The lowest BCUT2D eigenvalue weighted by Gasteiger charge is -2.24. The van der Waals surface area contributed by atoms with Crippen LogP contribution in [0, 0.1) is 11.7 Å². The van der Waals surface area contributed by atoms with E-state index in [1.165, 1.54) is 37.8 Å². The molecule has 1 aromatic carbocycles. The highest BCUT2D eigenvalue weighted by Gasteiger charge is 2.18. The van der Waals surface area contributed by atoms with Gasteiger partial charge in [-0.25, -0.2) is 4.39 Å². The molecule has 1 saturated carbocycles. The van der Waals surface area contributed by atoms with Crippen LogP contribution in [0.25, 0.3) is 0 Å². The lowest BCUT2D eigenvalue weighted by atomic mass is 10.1. The van der Waals surface area contributed by atoms with E-state index in [2.05, 4.69) is 4.90 Å². The van der Waals surface area contributed by atoms with Crippen molar-refractivity contribution in [2.24, 2.45) is 5.92 Å². The van der Waals surface area contributed by atoms with Crippen molar-refractivity contribution in [2.45, 2.75) is 25.7 Å². The zero-order chi connectivity index (χ0) is 12.3. The smallest absolute Gasteiger partial charge is 0.152 e. The zero-order valence-electron chi connectivity index (χ0n) is 10.2. The Bertz CT molecular complexity index is 399. The summed E-state index contributed by atoms with van der Waals surface area (Å²) in [5.74, 6) is 0.356. The first kappa shape index (κ1) is 12.1. The summed E-state index contributed by atoms with van der Waals surface area (Å²) >= 11 is 0. The van der Waals surface area contributed by atoms with Crippen molar-refractivity contribution >= 4 is 12.0 Å². The van der Waals surface area contributed by atoms with Gasteiger partial charge in [-0.15, -0.1) is 0 Å². The molecule has 1 aliphatic carbocycles. The molecular formula is C14H18FNO. The molecule has 0 unspecified atom stereocenters. The predicted octanol–water partition coefficient (Wildman–Crippen LogP) is 3.26. The average molecular weight is 235 g/mol. The highest BCUT2D eigenvalue weighted by molar-refractivity contribution is 5.84. The molecular weight excluding hydrogens is 217 g/mol. The van der Waals surface area contributed by atoms with Gasteiger partial charge in [0.05, 0.1) is 0 Å². The Morgan fingerprint density at radius 2 is 2.12 bits per heavy atom. The van der Waals surface area contributed by atoms with E-state index in [1.807, 2.05) is 7.05 Å². The molecule has 1 fully saturated rings. The Morgan fingerprint density at radius 1 is 1.41 bits per heavy atom. The highest BCUT2D eigenvalue weighted by atomic mass is 19.1. The highest BCUT2D eigenvalue weighted by Crippen LogP contribution is 2.28. The van der Waals surface area contributed by atoms with Crippen LogP contribution in [0.5, 0.6) is 0 Å². The molecule has 2 rings (SSSR count). The van der Waals surface area contributed by atoms with Gasteiger partial charge in [0, 0.05) is 24.8 Å². The van der Waals surface area contributed by atoms with E-state index in [0.717, 1.165) is 18.5 Å². The Hall–Kier alpha value is -1.38. The average Bonchev–Trinajstić information content (AvgIpc) is 2.81. The number of hydrogen-bond donors (Lipinski definition) is 0. The van der Waals surface area contributed by atoms with E-state index in [9.17, 15) is 9.18 Å². The molecule has 0 aromatic heterocycles. The largest absolute Gasteiger partial charge is 0.374 e. The van der Waals surface area contributed by atoms with Crippen LogP contribution in [-0.2, 0) is 0 Å². The van der Waals surface area contributed by atoms with E-state index in [1.54, 1.807) is 6.07 Å². The molecule has 1 aliphatic rings. The molecule has 0 N–H and O–H groups in total. The van der Waals surface area contributed by atoms with Crippen molar-refractivity contribution in [3.8, 4) is 0 Å². The number of rotatable bonds is 4. The van der Waals surface area contributed by atoms with Crippen molar-refractivity contribution in [3.63, 3.8) is 0 Å². The fourth-order valence-corrected chi connectivity index (χ4v) is 2.65. The Balaban J connectivity index is 2.11.